The molecule has 18 heavy (non-hydrogen) atoms. The number of nitrogens with one attached hydrogen (secondary N) is 1. The normalized spacial score (nSPS) is 28.2. The minimum Gasteiger partial charge on any atom is -0.394 e. The third kappa shape index (κ3) is 4.22. The van der Waals surface area contributed by atoms with Crippen LogP contribution in [0.15, 0.2) is 0 Å². The maximum Gasteiger partial charge on any atom is 0.0613 e. The van der Waals surface area contributed by atoms with E-state index in [4.69, 9.17) is 0 Å². The van der Waals surface area contributed by atoms with Gasteiger partial charge in [0.1, 0.15) is 0 Å². The van der Waals surface area contributed by atoms with Gasteiger partial charge in [-0.3, -0.25) is 0 Å². The van der Waals surface area contributed by atoms with Crippen LogP contribution in [0.5, 0.6) is 0 Å². The number of aliphatic hydroxyl groups excluding tert-OH is 1. The number of unbranched alkanes of at least 4 members (excludes halogenated alkanes) is 2. The van der Waals surface area contributed by atoms with Crippen molar-refractivity contribution in [2.24, 2.45) is 0 Å². The van der Waals surface area contributed by atoms with Gasteiger partial charge in [-0.1, -0.05) is 26.7 Å². The zero-order valence-electron chi connectivity index (χ0n) is 12.5. The number of nitrogens with zero attached hydrogens (tertiary/aromatic N) is 1. The summed E-state index contributed by atoms with van der Waals surface area (Å²) in [5.74, 6) is 0. The van der Waals surface area contributed by atoms with Crippen LogP contribution < -0.4 is 5.32 Å². The second-order valence-corrected chi connectivity index (χ2v) is 5.83. The van der Waals surface area contributed by atoms with Crippen molar-refractivity contribution >= 4 is 0 Å². The maximum atomic E-state index is 9.59. The van der Waals surface area contributed by atoms with Gasteiger partial charge in [-0.15, -0.1) is 0 Å². The van der Waals surface area contributed by atoms with Crippen molar-refractivity contribution in [3.05, 3.63) is 0 Å². The minimum atomic E-state index is -0.0126. The second kappa shape index (κ2) is 8.13. The molecule has 0 spiro atoms. The smallest absolute Gasteiger partial charge is 0.0613 e. The van der Waals surface area contributed by atoms with Gasteiger partial charge in [0.05, 0.1) is 6.61 Å². The fourth-order valence-electron chi connectivity index (χ4n) is 3.06. The topological polar surface area (TPSA) is 35.5 Å². The Bertz CT molecular complexity index is 209. The molecular weight excluding hydrogens is 224 g/mol. The Hall–Kier alpha value is -0.120. The van der Waals surface area contributed by atoms with E-state index in [1.54, 1.807) is 0 Å². The fourth-order valence-corrected chi connectivity index (χ4v) is 3.06. The van der Waals surface area contributed by atoms with E-state index in [2.05, 4.69) is 24.1 Å². The first-order chi connectivity index (χ1) is 8.71. The van der Waals surface area contributed by atoms with Gasteiger partial charge in [0.2, 0.25) is 0 Å². The number of rotatable bonds is 9. The van der Waals surface area contributed by atoms with Crippen molar-refractivity contribution in [1.82, 2.24) is 10.2 Å². The molecule has 0 aliphatic heterocycles. The number of hydrogen-bond donors (Lipinski definition) is 2. The lowest BCUT2D eigenvalue weighted by atomic mass is 9.98. The largest absolute Gasteiger partial charge is 0.394 e. The molecular formula is C15H32N2O. The van der Waals surface area contributed by atoms with Crippen molar-refractivity contribution in [3.63, 3.8) is 0 Å². The van der Waals surface area contributed by atoms with Crippen molar-refractivity contribution in [1.29, 1.82) is 0 Å². The highest BCUT2D eigenvalue weighted by molar-refractivity contribution is 4.98. The Balaban J connectivity index is 2.52. The molecule has 0 amide bonds. The van der Waals surface area contributed by atoms with Gasteiger partial charge >= 0.3 is 0 Å². The van der Waals surface area contributed by atoms with E-state index in [0.29, 0.717) is 6.04 Å². The van der Waals surface area contributed by atoms with Crippen LogP contribution in [-0.4, -0.2) is 48.3 Å². The van der Waals surface area contributed by atoms with Crippen LogP contribution in [0.2, 0.25) is 0 Å². The zero-order valence-corrected chi connectivity index (χ0v) is 12.5. The van der Waals surface area contributed by atoms with E-state index in [0.717, 1.165) is 12.8 Å². The summed E-state index contributed by atoms with van der Waals surface area (Å²) in [7, 11) is 1.99. The molecule has 2 unspecified atom stereocenters. The Kier molecular flexibility index (Phi) is 7.20. The molecule has 2 atom stereocenters. The summed E-state index contributed by atoms with van der Waals surface area (Å²) in [5.41, 5.74) is -0.0126. The Morgan fingerprint density at radius 2 is 1.83 bits per heavy atom. The van der Waals surface area contributed by atoms with Gasteiger partial charge in [0, 0.05) is 11.6 Å². The standard InChI is InChI=1S/C15H32N2O/c1-4-6-10-17(11-7-5-2)14-8-9-15(12-14,13-18)16-3/h14,16,18H,4-13H2,1-3H3. The lowest BCUT2D eigenvalue weighted by molar-refractivity contribution is 0.146. The van der Waals surface area contributed by atoms with Crippen molar-refractivity contribution < 1.29 is 5.11 Å². The van der Waals surface area contributed by atoms with E-state index in [1.807, 2.05) is 7.05 Å². The summed E-state index contributed by atoms with van der Waals surface area (Å²) in [4.78, 5) is 2.67. The average Bonchev–Trinajstić information content (AvgIpc) is 2.84. The van der Waals surface area contributed by atoms with E-state index in [-0.39, 0.29) is 12.1 Å². The van der Waals surface area contributed by atoms with Crippen LogP contribution in [0.25, 0.3) is 0 Å². The van der Waals surface area contributed by atoms with Gasteiger partial charge < -0.3 is 15.3 Å². The van der Waals surface area contributed by atoms with Crippen molar-refractivity contribution in [2.75, 3.05) is 26.7 Å². The second-order valence-electron chi connectivity index (χ2n) is 5.83. The SMILES string of the molecule is CCCCN(CCCC)C1CCC(CO)(NC)C1. The molecule has 1 saturated carbocycles. The maximum absolute atomic E-state index is 9.59. The highest BCUT2D eigenvalue weighted by atomic mass is 16.3. The molecule has 1 aliphatic rings. The Labute approximate surface area is 113 Å². The fraction of sp³-hybridized carbons (Fsp3) is 1.00. The van der Waals surface area contributed by atoms with Crippen molar-refractivity contribution in [2.45, 2.75) is 70.4 Å². The lowest BCUT2D eigenvalue weighted by Gasteiger charge is -2.31. The number of aliphatic hydroxyl groups is 1. The molecule has 0 bridgehead atoms. The minimum absolute atomic E-state index is 0.0126. The van der Waals surface area contributed by atoms with E-state index in [1.165, 1.54) is 45.2 Å². The van der Waals surface area contributed by atoms with Crippen LogP contribution >= 0.6 is 0 Å². The van der Waals surface area contributed by atoms with Gasteiger partial charge in [0.15, 0.2) is 0 Å². The third-order valence-corrected chi connectivity index (χ3v) is 4.53. The molecule has 0 radical (unpaired) electrons. The van der Waals surface area contributed by atoms with Crippen LogP contribution in [0.3, 0.4) is 0 Å². The summed E-state index contributed by atoms with van der Waals surface area (Å²) in [5, 5.41) is 12.9. The Morgan fingerprint density at radius 3 is 2.22 bits per heavy atom. The Morgan fingerprint density at radius 1 is 1.22 bits per heavy atom. The molecule has 0 aromatic heterocycles. The summed E-state index contributed by atoms with van der Waals surface area (Å²) >= 11 is 0. The van der Waals surface area contributed by atoms with Crippen LogP contribution in [0, 0.1) is 0 Å². The molecule has 0 aromatic rings. The van der Waals surface area contributed by atoms with Crippen LogP contribution in [-0.2, 0) is 0 Å². The highest BCUT2D eigenvalue weighted by Gasteiger charge is 2.39. The molecule has 3 nitrogen and oxygen atoms in total. The predicted octanol–water partition coefficient (Wildman–Crippen LogP) is 2.39. The molecule has 0 aromatic carbocycles. The molecule has 108 valence electrons. The van der Waals surface area contributed by atoms with Gasteiger partial charge in [-0.05, 0) is 52.2 Å². The molecule has 0 saturated heterocycles. The average molecular weight is 256 g/mol. The molecule has 0 heterocycles. The summed E-state index contributed by atoms with van der Waals surface area (Å²) in [6, 6.07) is 0.669. The van der Waals surface area contributed by atoms with E-state index in [9.17, 15) is 5.11 Å². The van der Waals surface area contributed by atoms with Crippen LogP contribution in [0.1, 0.15) is 58.8 Å². The zero-order chi connectivity index (χ0) is 13.4. The number of hydrogen-bond acceptors (Lipinski definition) is 3. The predicted molar refractivity (Wildman–Crippen MR) is 77.9 cm³/mol. The van der Waals surface area contributed by atoms with Crippen molar-refractivity contribution in [3.8, 4) is 0 Å². The van der Waals surface area contributed by atoms with Gasteiger partial charge in [-0.25, -0.2) is 0 Å². The van der Waals surface area contributed by atoms with E-state index >= 15 is 0 Å². The quantitative estimate of drug-likeness (QED) is 0.665. The first-order valence-corrected chi connectivity index (χ1v) is 7.75. The molecule has 2 N–H and O–H groups in total. The lowest BCUT2D eigenvalue weighted by Crippen LogP contribution is -2.46. The molecule has 1 aliphatic carbocycles. The van der Waals surface area contributed by atoms with E-state index < -0.39 is 0 Å². The summed E-state index contributed by atoms with van der Waals surface area (Å²) < 4.78 is 0. The van der Waals surface area contributed by atoms with Gasteiger partial charge in [-0.2, -0.15) is 0 Å². The molecule has 1 fully saturated rings. The van der Waals surface area contributed by atoms with Crippen LogP contribution in [0.4, 0.5) is 0 Å². The van der Waals surface area contributed by atoms with Gasteiger partial charge in [0.25, 0.3) is 0 Å². The summed E-state index contributed by atoms with van der Waals surface area (Å²) in [6.07, 6.45) is 8.58. The molecule has 3 heteroatoms. The molecule has 1 rings (SSSR count). The highest BCUT2D eigenvalue weighted by Crippen LogP contribution is 2.32. The first kappa shape index (κ1) is 15.9. The third-order valence-electron chi connectivity index (χ3n) is 4.53. The monoisotopic (exact) mass is 256 g/mol. The summed E-state index contributed by atoms with van der Waals surface area (Å²) in [6.45, 7) is 7.25. The first-order valence-electron chi connectivity index (χ1n) is 7.75. The number of likely N-dealkylation sites (N-methyl/N-ethyl adjacent to an activating group) is 1.